The Hall–Kier alpha value is -3.45. The lowest BCUT2D eigenvalue weighted by Gasteiger charge is -2.31. The maximum Gasteiger partial charge on any atom is 0.224 e. The summed E-state index contributed by atoms with van der Waals surface area (Å²) in [5, 5.41) is 3.00. The van der Waals surface area contributed by atoms with Crippen LogP contribution in [0.4, 0.5) is 11.4 Å². The minimum atomic E-state index is -0.111. The molecule has 1 aliphatic heterocycles. The molecule has 4 rings (SSSR count). The number of ether oxygens (including phenoxy) is 3. The molecule has 3 aromatic rings. The SMILES string of the molecule is CCOc1cc(N2CCOCC2)c(OCC)cc1NC(=O)CCc1ccc(-c2ccccc2)o1. The first-order valence-electron chi connectivity index (χ1n) is 11.9. The van der Waals surface area contributed by atoms with Crippen molar-refractivity contribution >= 4 is 17.3 Å². The van der Waals surface area contributed by atoms with Crippen molar-refractivity contribution in [3.05, 3.63) is 60.4 Å². The van der Waals surface area contributed by atoms with Crippen molar-refractivity contribution in [1.29, 1.82) is 0 Å². The number of benzene rings is 2. The molecule has 0 aliphatic carbocycles. The van der Waals surface area contributed by atoms with Gasteiger partial charge in [0.25, 0.3) is 0 Å². The van der Waals surface area contributed by atoms with Crippen LogP contribution in [0.2, 0.25) is 0 Å². The lowest BCUT2D eigenvalue weighted by atomic mass is 10.2. The van der Waals surface area contributed by atoms with Crippen LogP contribution < -0.4 is 19.7 Å². The number of nitrogens with one attached hydrogen (secondary N) is 1. The summed E-state index contributed by atoms with van der Waals surface area (Å²) in [5.74, 6) is 2.82. The summed E-state index contributed by atoms with van der Waals surface area (Å²) < 4.78 is 23.2. The molecule has 1 fully saturated rings. The predicted octanol–water partition coefficient (Wildman–Crippen LogP) is 5.15. The maximum absolute atomic E-state index is 12.8. The fourth-order valence-electron chi connectivity index (χ4n) is 3.96. The van der Waals surface area contributed by atoms with Crippen molar-refractivity contribution < 1.29 is 23.4 Å². The second kappa shape index (κ2) is 11.6. The first kappa shape index (κ1) is 23.7. The van der Waals surface area contributed by atoms with Crippen LogP contribution >= 0.6 is 0 Å². The molecule has 1 saturated heterocycles. The van der Waals surface area contributed by atoms with E-state index in [-0.39, 0.29) is 5.91 Å². The van der Waals surface area contributed by atoms with Gasteiger partial charge in [-0.2, -0.15) is 0 Å². The van der Waals surface area contributed by atoms with Crippen LogP contribution in [0.3, 0.4) is 0 Å². The molecule has 0 unspecified atom stereocenters. The van der Waals surface area contributed by atoms with Crippen LogP contribution in [-0.4, -0.2) is 45.4 Å². The summed E-state index contributed by atoms with van der Waals surface area (Å²) in [6, 6.07) is 17.6. The van der Waals surface area contributed by atoms with E-state index in [1.807, 2.05) is 68.4 Å². The number of furan rings is 1. The van der Waals surface area contributed by atoms with Crippen molar-refractivity contribution in [3.63, 3.8) is 0 Å². The molecule has 1 aromatic heterocycles. The molecule has 7 heteroatoms. The molecule has 2 heterocycles. The van der Waals surface area contributed by atoms with Crippen LogP contribution in [0, 0.1) is 0 Å². The first-order chi connectivity index (χ1) is 16.7. The molecule has 2 aromatic carbocycles. The fraction of sp³-hybridized carbons (Fsp3) is 0.370. The smallest absolute Gasteiger partial charge is 0.224 e. The Balaban J connectivity index is 1.45. The second-order valence-corrected chi connectivity index (χ2v) is 7.96. The van der Waals surface area contributed by atoms with Crippen molar-refractivity contribution in [3.8, 4) is 22.8 Å². The summed E-state index contributed by atoms with van der Waals surface area (Å²) in [4.78, 5) is 15.0. The summed E-state index contributed by atoms with van der Waals surface area (Å²) >= 11 is 0. The van der Waals surface area contributed by atoms with Crippen LogP contribution in [0.15, 0.2) is 59.0 Å². The molecular formula is C27H32N2O5. The van der Waals surface area contributed by atoms with Gasteiger partial charge in [-0.25, -0.2) is 0 Å². The molecule has 1 aliphatic rings. The molecule has 7 nitrogen and oxygen atoms in total. The largest absolute Gasteiger partial charge is 0.492 e. The Kier molecular flexibility index (Phi) is 8.09. The standard InChI is InChI=1S/C27H32N2O5/c1-3-32-25-19-23(29-14-16-31-17-15-29)26(33-4-2)18-22(25)28-27(30)13-11-21-10-12-24(34-21)20-8-6-5-7-9-20/h5-10,12,18-19H,3-4,11,13-17H2,1-2H3,(H,28,30). The number of rotatable bonds is 10. The van der Waals surface area contributed by atoms with Crippen LogP contribution in [-0.2, 0) is 16.0 Å². The number of hydrogen-bond acceptors (Lipinski definition) is 6. The predicted molar refractivity (Wildman–Crippen MR) is 133 cm³/mol. The van der Waals surface area contributed by atoms with E-state index in [9.17, 15) is 4.79 Å². The van der Waals surface area contributed by atoms with Gasteiger partial charge < -0.3 is 28.8 Å². The highest BCUT2D eigenvalue weighted by Crippen LogP contribution is 2.39. The van der Waals surface area contributed by atoms with Crippen LogP contribution in [0.25, 0.3) is 11.3 Å². The van der Waals surface area contributed by atoms with Crippen molar-refractivity contribution in [1.82, 2.24) is 0 Å². The summed E-state index contributed by atoms with van der Waals surface area (Å²) in [7, 11) is 0. The first-order valence-corrected chi connectivity index (χ1v) is 11.9. The van der Waals surface area contributed by atoms with E-state index >= 15 is 0 Å². The molecule has 0 bridgehead atoms. The molecule has 0 radical (unpaired) electrons. The van der Waals surface area contributed by atoms with Gasteiger partial charge in [0.05, 0.1) is 37.8 Å². The number of nitrogens with zero attached hydrogens (tertiary/aromatic N) is 1. The van der Waals surface area contributed by atoms with Crippen LogP contribution in [0.5, 0.6) is 11.5 Å². The van der Waals surface area contributed by atoms with E-state index < -0.39 is 0 Å². The van der Waals surface area contributed by atoms with E-state index in [1.54, 1.807) is 0 Å². The monoisotopic (exact) mass is 464 g/mol. The van der Waals surface area contributed by atoms with Crippen molar-refractivity contribution in [2.24, 2.45) is 0 Å². The second-order valence-electron chi connectivity index (χ2n) is 7.96. The van der Waals surface area contributed by atoms with Gasteiger partial charge >= 0.3 is 0 Å². The highest BCUT2D eigenvalue weighted by atomic mass is 16.5. The molecule has 0 spiro atoms. The quantitative estimate of drug-likeness (QED) is 0.447. The third-order valence-electron chi connectivity index (χ3n) is 5.61. The number of morpholine rings is 1. The zero-order valence-corrected chi connectivity index (χ0v) is 19.8. The van der Waals surface area contributed by atoms with Crippen molar-refractivity contribution in [2.45, 2.75) is 26.7 Å². The number of carbonyl (C=O) groups excluding carboxylic acids is 1. The maximum atomic E-state index is 12.8. The Morgan fingerprint density at radius 1 is 0.971 bits per heavy atom. The van der Waals surface area contributed by atoms with Gasteiger partial charge in [0.15, 0.2) is 0 Å². The van der Waals surface area contributed by atoms with E-state index in [2.05, 4.69) is 10.2 Å². The number of carbonyl (C=O) groups is 1. The zero-order valence-electron chi connectivity index (χ0n) is 19.8. The van der Waals surface area contributed by atoms with Gasteiger partial charge in [-0.1, -0.05) is 30.3 Å². The van der Waals surface area contributed by atoms with Gasteiger partial charge in [-0.15, -0.1) is 0 Å². The lowest BCUT2D eigenvalue weighted by Crippen LogP contribution is -2.36. The van der Waals surface area contributed by atoms with Gasteiger partial charge in [0.2, 0.25) is 5.91 Å². The molecule has 1 amide bonds. The van der Waals surface area contributed by atoms with Gasteiger partial charge in [0, 0.05) is 43.6 Å². The van der Waals surface area contributed by atoms with E-state index in [4.69, 9.17) is 18.6 Å². The van der Waals surface area contributed by atoms with Crippen LogP contribution in [0.1, 0.15) is 26.0 Å². The number of hydrogen-bond donors (Lipinski definition) is 1. The topological polar surface area (TPSA) is 73.2 Å². The molecule has 0 saturated carbocycles. The average Bonchev–Trinajstić information content (AvgIpc) is 3.35. The number of amides is 1. The number of aryl methyl sites for hydroxylation is 1. The molecule has 180 valence electrons. The van der Waals surface area contributed by atoms with Gasteiger partial charge in [0.1, 0.15) is 23.0 Å². The highest BCUT2D eigenvalue weighted by Gasteiger charge is 2.20. The third-order valence-corrected chi connectivity index (χ3v) is 5.61. The molecule has 0 atom stereocenters. The highest BCUT2D eigenvalue weighted by molar-refractivity contribution is 5.93. The minimum Gasteiger partial charge on any atom is -0.492 e. The van der Waals surface area contributed by atoms with Gasteiger partial charge in [-0.05, 0) is 26.0 Å². The third kappa shape index (κ3) is 5.91. The van der Waals surface area contributed by atoms with Crippen molar-refractivity contribution in [2.75, 3.05) is 49.7 Å². The normalized spacial score (nSPS) is 13.5. The fourth-order valence-corrected chi connectivity index (χ4v) is 3.96. The average molecular weight is 465 g/mol. The van der Waals surface area contributed by atoms with Gasteiger partial charge in [-0.3, -0.25) is 4.79 Å². The van der Waals surface area contributed by atoms with E-state index in [0.29, 0.717) is 50.7 Å². The zero-order chi connectivity index (χ0) is 23.8. The molecule has 1 N–H and O–H groups in total. The van der Waals surface area contributed by atoms with E-state index in [0.717, 1.165) is 41.6 Å². The molecule has 34 heavy (non-hydrogen) atoms. The number of anilines is 2. The summed E-state index contributed by atoms with van der Waals surface area (Å²) in [6.07, 6.45) is 0.801. The Labute approximate surface area is 200 Å². The Morgan fingerprint density at radius 3 is 2.44 bits per heavy atom. The molecular weight excluding hydrogens is 432 g/mol. The van der Waals surface area contributed by atoms with E-state index in [1.165, 1.54) is 0 Å². The lowest BCUT2D eigenvalue weighted by molar-refractivity contribution is -0.116. The summed E-state index contributed by atoms with van der Waals surface area (Å²) in [5.41, 5.74) is 2.58. The Morgan fingerprint density at radius 2 is 1.71 bits per heavy atom. The summed E-state index contributed by atoms with van der Waals surface area (Å²) in [6.45, 7) is 7.81. The Bertz CT molecular complexity index is 1070. The minimum absolute atomic E-state index is 0.111.